The summed E-state index contributed by atoms with van der Waals surface area (Å²) in [5, 5.41) is 2.79. The van der Waals surface area contributed by atoms with Gasteiger partial charge in [0.05, 0.1) is 12.1 Å². The summed E-state index contributed by atoms with van der Waals surface area (Å²) in [6, 6.07) is 5.03. The molecule has 1 saturated heterocycles. The zero-order valence-electron chi connectivity index (χ0n) is 16.5. The molecule has 1 aliphatic rings. The van der Waals surface area contributed by atoms with Crippen molar-refractivity contribution in [2.75, 3.05) is 23.3 Å². The van der Waals surface area contributed by atoms with E-state index in [1.54, 1.807) is 4.90 Å². The minimum absolute atomic E-state index is 0.0451. The molecule has 166 valence electrons. The van der Waals surface area contributed by atoms with Gasteiger partial charge in [0.1, 0.15) is 29.4 Å². The molecule has 2 aromatic rings. The molecule has 1 aromatic heterocycles. The van der Waals surface area contributed by atoms with Crippen LogP contribution in [0.25, 0.3) is 0 Å². The largest absolute Gasteiger partial charge is 0.489 e. The highest BCUT2D eigenvalue weighted by atomic mass is 19.4. The van der Waals surface area contributed by atoms with E-state index in [1.807, 2.05) is 0 Å². The quantitative estimate of drug-likeness (QED) is 0.596. The van der Waals surface area contributed by atoms with Gasteiger partial charge >= 0.3 is 6.18 Å². The van der Waals surface area contributed by atoms with Crippen LogP contribution in [0, 0.1) is 0 Å². The maximum atomic E-state index is 12.7. The van der Waals surface area contributed by atoms with Crippen LogP contribution in [-0.4, -0.2) is 47.0 Å². The van der Waals surface area contributed by atoms with Crippen molar-refractivity contribution in [2.45, 2.75) is 31.7 Å². The number of carbonyl (C=O) groups is 2. The molecule has 12 heteroatoms. The maximum Gasteiger partial charge on any atom is 0.416 e. The van der Waals surface area contributed by atoms with Gasteiger partial charge in [-0.25, -0.2) is 4.98 Å². The number of ether oxygens (including phenoxy) is 1. The van der Waals surface area contributed by atoms with Gasteiger partial charge < -0.3 is 26.4 Å². The summed E-state index contributed by atoms with van der Waals surface area (Å²) in [5.74, 6) is -0.655. The number of carbonyl (C=O) groups excluding carboxylic acids is 2. The zero-order chi connectivity index (χ0) is 22.8. The molecule has 2 heterocycles. The number of amides is 2. The van der Waals surface area contributed by atoms with Crippen LogP contribution in [0.1, 0.15) is 29.4 Å². The number of rotatable bonds is 7. The van der Waals surface area contributed by atoms with E-state index >= 15 is 0 Å². The Morgan fingerprint density at radius 1 is 1.23 bits per heavy atom. The molecule has 3 rings (SSSR count). The lowest BCUT2D eigenvalue weighted by atomic mass is 10.2. The molecule has 9 nitrogen and oxygen atoms in total. The Labute approximate surface area is 175 Å². The van der Waals surface area contributed by atoms with Crippen molar-refractivity contribution < 1.29 is 27.5 Å². The number of nitrogens with zero attached hydrogens (tertiary/aromatic N) is 3. The number of benzene rings is 1. The summed E-state index contributed by atoms with van der Waals surface area (Å²) in [7, 11) is 0. The number of nitrogens with one attached hydrogen (secondary N) is 1. The SMILES string of the molecule is C[C@H](Nc1cc(C(N)=O)nc(N2CC[C@H](Oc3ccc(C(F)(F)F)cc3)C2)n1)C(N)=O. The Kier molecular flexibility index (Phi) is 6.18. The molecule has 31 heavy (non-hydrogen) atoms. The first-order valence-electron chi connectivity index (χ1n) is 9.36. The summed E-state index contributed by atoms with van der Waals surface area (Å²) in [6.07, 6.45) is -4.17. The average molecular weight is 438 g/mol. The second kappa shape index (κ2) is 8.66. The second-order valence-electron chi connectivity index (χ2n) is 7.07. The summed E-state index contributed by atoms with van der Waals surface area (Å²) >= 11 is 0. The molecule has 0 bridgehead atoms. The molecule has 0 spiro atoms. The van der Waals surface area contributed by atoms with Crippen molar-refractivity contribution in [3.05, 3.63) is 41.6 Å². The number of nitrogens with two attached hydrogens (primary N) is 2. The second-order valence-corrected chi connectivity index (χ2v) is 7.07. The van der Waals surface area contributed by atoms with Crippen LogP contribution in [0.3, 0.4) is 0 Å². The van der Waals surface area contributed by atoms with Crippen molar-refractivity contribution in [2.24, 2.45) is 11.5 Å². The number of hydrogen-bond acceptors (Lipinski definition) is 7. The van der Waals surface area contributed by atoms with Crippen molar-refractivity contribution >= 4 is 23.6 Å². The van der Waals surface area contributed by atoms with Crippen molar-refractivity contribution in [3.8, 4) is 5.75 Å². The van der Waals surface area contributed by atoms with Gasteiger partial charge in [-0.3, -0.25) is 9.59 Å². The summed E-state index contributed by atoms with van der Waals surface area (Å²) in [4.78, 5) is 33.1. The molecular weight excluding hydrogens is 417 g/mol. The Balaban J connectivity index is 1.71. The van der Waals surface area contributed by atoms with Crippen LogP contribution in [0.15, 0.2) is 30.3 Å². The fourth-order valence-electron chi connectivity index (χ4n) is 2.99. The Bertz CT molecular complexity index is 967. The fourth-order valence-corrected chi connectivity index (χ4v) is 2.99. The van der Waals surface area contributed by atoms with E-state index in [0.29, 0.717) is 25.3 Å². The van der Waals surface area contributed by atoms with Crippen LogP contribution in [0.5, 0.6) is 5.75 Å². The lowest BCUT2D eigenvalue weighted by Crippen LogP contribution is -2.33. The number of aromatic nitrogens is 2. The van der Waals surface area contributed by atoms with Gasteiger partial charge in [-0.2, -0.15) is 18.2 Å². The van der Waals surface area contributed by atoms with Gasteiger partial charge in [0.25, 0.3) is 5.91 Å². The highest BCUT2D eigenvalue weighted by Crippen LogP contribution is 2.31. The van der Waals surface area contributed by atoms with Gasteiger partial charge in [0.2, 0.25) is 11.9 Å². The van der Waals surface area contributed by atoms with E-state index in [-0.39, 0.29) is 23.6 Å². The average Bonchev–Trinajstić information content (AvgIpc) is 3.16. The van der Waals surface area contributed by atoms with E-state index in [0.717, 1.165) is 12.1 Å². The summed E-state index contributed by atoms with van der Waals surface area (Å²) in [5.41, 5.74) is 9.78. The number of hydrogen-bond donors (Lipinski definition) is 3. The van der Waals surface area contributed by atoms with Gasteiger partial charge in [-0.15, -0.1) is 0 Å². The molecule has 2 amide bonds. The molecule has 1 aromatic carbocycles. The molecule has 0 saturated carbocycles. The Morgan fingerprint density at radius 2 is 1.90 bits per heavy atom. The molecule has 0 unspecified atom stereocenters. The van der Waals surface area contributed by atoms with Gasteiger partial charge in [0.15, 0.2) is 0 Å². The predicted octanol–water partition coefficient (Wildman–Crippen LogP) is 1.54. The third-order valence-electron chi connectivity index (χ3n) is 4.67. The lowest BCUT2D eigenvalue weighted by molar-refractivity contribution is -0.137. The van der Waals surface area contributed by atoms with E-state index in [4.69, 9.17) is 16.2 Å². The van der Waals surface area contributed by atoms with Gasteiger partial charge in [-0.05, 0) is 31.2 Å². The summed E-state index contributed by atoms with van der Waals surface area (Å²) in [6.45, 7) is 2.37. The number of anilines is 2. The zero-order valence-corrected chi connectivity index (χ0v) is 16.5. The predicted molar refractivity (Wildman–Crippen MR) is 106 cm³/mol. The molecule has 0 aliphatic carbocycles. The van der Waals surface area contributed by atoms with E-state index in [2.05, 4.69) is 15.3 Å². The monoisotopic (exact) mass is 438 g/mol. The first kappa shape index (κ1) is 22.1. The minimum Gasteiger partial charge on any atom is -0.489 e. The number of alkyl halides is 3. The van der Waals surface area contributed by atoms with E-state index in [1.165, 1.54) is 25.1 Å². The van der Waals surface area contributed by atoms with E-state index in [9.17, 15) is 22.8 Å². The first-order chi connectivity index (χ1) is 14.5. The molecule has 2 atom stereocenters. The number of primary amides is 2. The Hall–Kier alpha value is -3.57. The van der Waals surface area contributed by atoms with Crippen molar-refractivity contribution in [3.63, 3.8) is 0 Å². The standard InChI is InChI=1S/C19H21F3N6O3/c1-10(16(23)29)25-15-8-14(17(24)30)26-18(27-15)28-7-6-13(9-28)31-12-4-2-11(3-5-12)19(20,21)22/h2-5,8,10,13H,6-7,9H2,1H3,(H2,23,29)(H2,24,30)(H,25,26,27)/t10-,13-/m0/s1. The summed E-state index contributed by atoms with van der Waals surface area (Å²) < 4.78 is 43.8. The van der Waals surface area contributed by atoms with Crippen molar-refractivity contribution in [1.82, 2.24) is 9.97 Å². The highest BCUT2D eigenvalue weighted by molar-refractivity contribution is 5.92. The minimum atomic E-state index is -4.41. The van der Waals surface area contributed by atoms with E-state index < -0.39 is 29.6 Å². The lowest BCUT2D eigenvalue weighted by Gasteiger charge is -2.19. The topological polar surface area (TPSA) is 136 Å². The van der Waals surface area contributed by atoms with Crippen LogP contribution in [-0.2, 0) is 11.0 Å². The molecule has 5 N–H and O–H groups in total. The molecule has 0 radical (unpaired) electrons. The Morgan fingerprint density at radius 3 is 2.48 bits per heavy atom. The van der Waals surface area contributed by atoms with Crippen molar-refractivity contribution in [1.29, 1.82) is 0 Å². The third kappa shape index (κ3) is 5.53. The van der Waals surface area contributed by atoms with Crippen LogP contribution < -0.4 is 26.4 Å². The third-order valence-corrected chi connectivity index (χ3v) is 4.67. The maximum absolute atomic E-state index is 12.7. The van der Waals surface area contributed by atoms with Crippen LogP contribution in [0.2, 0.25) is 0 Å². The molecular formula is C19H21F3N6O3. The van der Waals surface area contributed by atoms with Crippen LogP contribution >= 0.6 is 0 Å². The molecule has 1 aliphatic heterocycles. The first-order valence-corrected chi connectivity index (χ1v) is 9.36. The van der Waals surface area contributed by atoms with Gasteiger partial charge in [-0.1, -0.05) is 0 Å². The normalized spacial score (nSPS) is 17.3. The smallest absolute Gasteiger partial charge is 0.416 e. The number of halogens is 3. The van der Waals surface area contributed by atoms with Crippen LogP contribution in [0.4, 0.5) is 24.9 Å². The van der Waals surface area contributed by atoms with Gasteiger partial charge in [0, 0.05) is 19.0 Å². The fraction of sp³-hybridized carbons (Fsp3) is 0.368. The molecule has 1 fully saturated rings. The highest BCUT2D eigenvalue weighted by Gasteiger charge is 2.31.